The number of likely N-dealkylation sites (tertiary alicyclic amines) is 1. The molecule has 1 unspecified atom stereocenters. The molecule has 3 rings (SSSR count). The van der Waals surface area contributed by atoms with Gasteiger partial charge >= 0.3 is 6.18 Å². The molecule has 0 radical (unpaired) electrons. The van der Waals surface area contributed by atoms with Gasteiger partial charge in [-0.15, -0.1) is 0 Å². The van der Waals surface area contributed by atoms with Gasteiger partial charge in [0.15, 0.2) is 5.75 Å². The Bertz CT molecular complexity index is 951. The number of amides is 2. The lowest BCUT2D eigenvalue weighted by Crippen LogP contribution is -2.36. The number of alkyl halides is 3. The first-order chi connectivity index (χ1) is 14.6. The van der Waals surface area contributed by atoms with E-state index in [1.165, 1.54) is 6.07 Å². The van der Waals surface area contributed by atoms with Gasteiger partial charge in [-0.2, -0.15) is 13.2 Å². The predicted molar refractivity (Wildman–Crippen MR) is 109 cm³/mol. The Labute approximate surface area is 181 Å². The number of carbonyl (C=O) groups is 2. The van der Waals surface area contributed by atoms with Gasteiger partial charge in [0.1, 0.15) is 18.0 Å². The molecule has 6 nitrogen and oxygen atoms in total. The van der Waals surface area contributed by atoms with Crippen LogP contribution in [-0.2, 0) is 9.59 Å². The smallest absolute Gasteiger partial charge is 0.406 e. The second-order valence-corrected chi connectivity index (χ2v) is 7.36. The van der Waals surface area contributed by atoms with Gasteiger partial charge in [0.25, 0.3) is 0 Å². The van der Waals surface area contributed by atoms with E-state index in [0.29, 0.717) is 33.8 Å². The maximum atomic E-state index is 12.6. The largest absolute Gasteiger partial charge is 0.494 e. The molecule has 1 atom stereocenters. The van der Waals surface area contributed by atoms with E-state index < -0.39 is 30.5 Å². The van der Waals surface area contributed by atoms with E-state index >= 15 is 0 Å². The van der Waals surface area contributed by atoms with Crippen LogP contribution in [0.15, 0.2) is 42.5 Å². The van der Waals surface area contributed by atoms with E-state index in [1.54, 1.807) is 36.4 Å². The van der Waals surface area contributed by atoms with E-state index in [2.05, 4.69) is 5.32 Å². The Kier molecular flexibility index (Phi) is 6.94. The summed E-state index contributed by atoms with van der Waals surface area (Å²) in [4.78, 5) is 25.1. The van der Waals surface area contributed by atoms with Crippen molar-refractivity contribution in [2.75, 3.05) is 25.0 Å². The number of nitrogens with one attached hydrogen (secondary N) is 1. The van der Waals surface area contributed by atoms with Crippen molar-refractivity contribution in [2.45, 2.75) is 19.5 Å². The molecule has 0 aromatic heterocycles. The van der Waals surface area contributed by atoms with Crippen LogP contribution in [-0.4, -0.2) is 42.6 Å². The number of benzene rings is 2. The average Bonchev–Trinajstić information content (AvgIpc) is 3.04. The molecular formula is C21H20ClF3N2O4. The number of ether oxygens (including phenoxy) is 2. The summed E-state index contributed by atoms with van der Waals surface area (Å²) in [6.45, 7) is 0.712. The summed E-state index contributed by atoms with van der Waals surface area (Å²) in [6, 6.07) is 11.4. The fourth-order valence-electron chi connectivity index (χ4n) is 3.14. The maximum Gasteiger partial charge on any atom is 0.406 e. The fraction of sp³-hybridized carbons (Fsp3) is 0.333. The van der Waals surface area contributed by atoms with E-state index in [0.717, 1.165) is 0 Å². The molecule has 1 heterocycles. The van der Waals surface area contributed by atoms with Crippen molar-refractivity contribution in [2.24, 2.45) is 5.92 Å². The van der Waals surface area contributed by atoms with E-state index in [1.807, 2.05) is 6.92 Å². The van der Waals surface area contributed by atoms with Gasteiger partial charge in [0.2, 0.25) is 11.8 Å². The standard InChI is InChI=1S/C21H20ClF3N2O4/c1-2-30-15-4-6-16(7-5-15)31-18-8-3-14(22)10-17(18)26-20(29)13-9-19(28)27(11-13)12-21(23,24)25/h3-8,10,13H,2,9,11-12H2,1H3,(H,26,29). The van der Waals surface area contributed by atoms with Crippen LogP contribution in [0, 0.1) is 5.92 Å². The molecule has 1 aliphatic rings. The molecule has 2 aromatic rings. The van der Waals surface area contributed by atoms with E-state index in [4.69, 9.17) is 21.1 Å². The summed E-state index contributed by atoms with van der Waals surface area (Å²) in [6.07, 6.45) is -4.82. The molecular weight excluding hydrogens is 437 g/mol. The number of halogens is 4. The van der Waals surface area contributed by atoms with Gasteiger partial charge in [0.05, 0.1) is 18.2 Å². The van der Waals surface area contributed by atoms with Crippen molar-refractivity contribution in [3.8, 4) is 17.2 Å². The lowest BCUT2D eigenvalue weighted by Gasteiger charge is -2.18. The summed E-state index contributed by atoms with van der Waals surface area (Å²) < 4.78 is 49.0. The molecule has 1 aliphatic heterocycles. The molecule has 0 saturated carbocycles. The summed E-state index contributed by atoms with van der Waals surface area (Å²) >= 11 is 6.03. The monoisotopic (exact) mass is 456 g/mol. The van der Waals surface area contributed by atoms with Crippen molar-refractivity contribution in [3.05, 3.63) is 47.5 Å². The second kappa shape index (κ2) is 9.47. The van der Waals surface area contributed by atoms with Crippen LogP contribution >= 0.6 is 11.6 Å². The number of hydrogen-bond donors (Lipinski definition) is 1. The van der Waals surface area contributed by atoms with Crippen molar-refractivity contribution in [1.29, 1.82) is 0 Å². The van der Waals surface area contributed by atoms with Crippen molar-refractivity contribution in [3.63, 3.8) is 0 Å². The lowest BCUT2D eigenvalue weighted by molar-refractivity contribution is -0.157. The van der Waals surface area contributed by atoms with E-state index in [9.17, 15) is 22.8 Å². The molecule has 2 aromatic carbocycles. The van der Waals surface area contributed by atoms with Crippen molar-refractivity contribution >= 4 is 29.1 Å². The minimum absolute atomic E-state index is 0.244. The number of nitrogens with zero attached hydrogens (tertiary/aromatic N) is 1. The SMILES string of the molecule is CCOc1ccc(Oc2ccc(Cl)cc2NC(=O)C2CC(=O)N(CC(F)(F)F)C2)cc1. The van der Waals surface area contributed by atoms with Crippen molar-refractivity contribution < 1.29 is 32.2 Å². The quantitative estimate of drug-likeness (QED) is 0.644. The van der Waals surface area contributed by atoms with Crippen LogP contribution in [0.2, 0.25) is 5.02 Å². The third kappa shape index (κ3) is 6.27. The summed E-state index contributed by atoms with van der Waals surface area (Å²) in [5.41, 5.74) is 0.244. The Hall–Kier alpha value is -2.94. The highest BCUT2D eigenvalue weighted by atomic mass is 35.5. The fourth-order valence-corrected chi connectivity index (χ4v) is 3.31. The summed E-state index contributed by atoms with van der Waals surface area (Å²) in [5.74, 6) is -0.765. The molecule has 2 amide bonds. The Morgan fingerprint density at radius 3 is 2.52 bits per heavy atom. The molecule has 1 N–H and O–H groups in total. The zero-order valence-corrected chi connectivity index (χ0v) is 17.3. The number of rotatable bonds is 7. The maximum absolute atomic E-state index is 12.6. The van der Waals surface area contributed by atoms with E-state index in [-0.39, 0.29) is 18.7 Å². The summed E-state index contributed by atoms with van der Waals surface area (Å²) in [5, 5.41) is 2.95. The van der Waals surface area contributed by atoms with Crippen molar-refractivity contribution in [1.82, 2.24) is 4.90 Å². The lowest BCUT2D eigenvalue weighted by atomic mass is 10.1. The second-order valence-electron chi connectivity index (χ2n) is 6.93. The Balaban J connectivity index is 1.70. The normalized spacial score (nSPS) is 16.4. The van der Waals surface area contributed by atoms with Gasteiger partial charge in [0, 0.05) is 18.0 Å². The molecule has 166 valence electrons. The first-order valence-corrected chi connectivity index (χ1v) is 9.88. The van der Waals surface area contributed by atoms with Crippen LogP contribution in [0.25, 0.3) is 0 Å². The molecule has 10 heteroatoms. The van der Waals surface area contributed by atoms with Gasteiger partial charge in [-0.05, 0) is 49.4 Å². The molecule has 0 aliphatic carbocycles. The molecule has 1 fully saturated rings. The zero-order chi connectivity index (χ0) is 22.6. The molecule has 0 bridgehead atoms. The minimum Gasteiger partial charge on any atom is -0.494 e. The molecule has 1 saturated heterocycles. The first kappa shape index (κ1) is 22.7. The minimum atomic E-state index is -4.52. The summed E-state index contributed by atoms with van der Waals surface area (Å²) in [7, 11) is 0. The van der Waals surface area contributed by atoms with Gasteiger partial charge in [-0.25, -0.2) is 0 Å². The number of hydrogen-bond acceptors (Lipinski definition) is 4. The zero-order valence-electron chi connectivity index (χ0n) is 16.5. The van der Waals surface area contributed by atoms with Crippen LogP contribution in [0.4, 0.5) is 18.9 Å². The first-order valence-electron chi connectivity index (χ1n) is 9.50. The highest BCUT2D eigenvalue weighted by Gasteiger charge is 2.40. The third-order valence-electron chi connectivity index (χ3n) is 4.52. The highest BCUT2D eigenvalue weighted by molar-refractivity contribution is 6.31. The Morgan fingerprint density at radius 2 is 1.87 bits per heavy atom. The van der Waals surface area contributed by atoms with Crippen LogP contribution < -0.4 is 14.8 Å². The third-order valence-corrected chi connectivity index (χ3v) is 4.75. The average molecular weight is 457 g/mol. The number of anilines is 1. The predicted octanol–water partition coefficient (Wildman–Crippen LogP) is 4.88. The van der Waals surface area contributed by atoms with Crippen LogP contribution in [0.1, 0.15) is 13.3 Å². The van der Waals surface area contributed by atoms with Gasteiger partial charge in [-0.1, -0.05) is 11.6 Å². The van der Waals surface area contributed by atoms with Crippen LogP contribution in [0.3, 0.4) is 0 Å². The Morgan fingerprint density at radius 1 is 1.19 bits per heavy atom. The number of carbonyl (C=O) groups excluding carboxylic acids is 2. The van der Waals surface area contributed by atoms with Crippen LogP contribution in [0.5, 0.6) is 17.2 Å². The van der Waals surface area contributed by atoms with Gasteiger partial charge < -0.3 is 19.7 Å². The topological polar surface area (TPSA) is 67.9 Å². The highest BCUT2D eigenvalue weighted by Crippen LogP contribution is 2.34. The molecule has 31 heavy (non-hydrogen) atoms. The molecule has 0 spiro atoms. The van der Waals surface area contributed by atoms with Gasteiger partial charge in [-0.3, -0.25) is 9.59 Å².